The number of para-hydroxylation sites is 2. The van der Waals surface area contributed by atoms with Gasteiger partial charge in [0, 0.05) is 14.1 Å². The fourth-order valence-electron chi connectivity index (χ4n) is 2.91. The molecular weight excluding hydrogens is 354 g/mol. The minimum atomic E-state index is -0.203. The van der Waals surface area contributed by atoms with Gasteiger partial charge in [0.25, 0.3) is 5.56 Å². The first-order valence-corrected chi connectivity index (χ1v) is 8.71. The lowest BCUT2D eigenvalue weighted by Gasteiger charge is -2.16. The van der Waals surface area contributed by atoms with Gasteiger partial charge in [0.2, 0.25) is 11.9 Å². The molecule has 0 aliphatic heterocycles. The Bertz CT molecular complexity index is 1080. The summed E-state index contributed by atoms with van der Waals surface area (Å²) in [5.41, 5.74) is 14.4. The molecule has 4 N–H and O–H groups in total. The molecule has 0 saturated carbocycles. The summed E-state index contributed by atoms with van der Waals surface area (Å²) >= 11 is 0. The first-order chi connectivity index (χ1) is 13.4. The molecule has 1 heterocycles. The molecule has 3 aromatic rings. The molecule has 0 saturated heterocycles. The van der Waals surface area contributed by atoms with Crippen LogP contribution >= 0.6 is 0 Å². The minimum Gasteiger partial charge on any atom is -0.369 e. The average Bonchev–Trinajstić information content (AvgIpc) is 2.91. The summed E-state index contributed by atoms with van der Waals surface area (Å²) < 4.78 is 3.36. The van der Waals surface area contributed by atoms with E-state index in [9.17, 15) is 4.79 Å². The molecule has 144 valence electrons. The summed E-state index contributed by atoms with van der Waals surface area (Å²) in [6.45, 7) is 1.85. The van der Waals surface area contributed by atoms with Gasteiger partial charge < -0.3 is 16.4 Å². The van der Waals surface area contributed by atoms with E-state index >= 15 is 0 Å². The van der Waals surface area contributed by atoms with Crippen LogP contribution in [0, 0.1) is 6.92 Å². The van der Waals surface area contributed by atoms with Crippen LogP contribution in [0.4, 0.5) is 11.4 Å². The lowest BCUT2D eigenvalue weighted by atomic mass is 10.3. The van der Waals surface area contributed by atoms with Crippen LogP contribution in [0.25, 0.3) is 5.69 Å². The smallest absolute Gasteiger partial charge is 0.295 e. The summed E-state index contributed by atoms with van der Waals surface area (Å²) in [5.74, 6) is 0.0794. The number of nitrogens with two attached hydrogens (primary N) is 2. The molecule has 0 bridgehead atoms. The predicted octanol–water partition coefficient (Wildman–Crippen LogP) is 1.88. The zero-order valence-electron chi connectivity index (χ0n) is 16.1. The largest absolute Gasteiger partial charge is 0.369 e. The number of aliphatic imine (C=N–C) groups is 2. The van der Waals surface area contributed by atoms with Crippen LogP contribution in [-0.4, -0.2) is 28.3 Å². The Morgan fingerprint density at radius 2 is 1.57 bits per heavy atom. The summed E-state index contributed by atoms with van der Waals surface area (Å²) in [6.07, 6.45) is 0. The highest BCUT2D eigenvalue weighted by Crippen LogP contribution is 2.17. The van der Waals surface area contributed by atoms with E-state index in [1.54, 1.807) is 16.4 Å². The zero-order valence-corrected chi connectivity index (χ0v) is 16.1. The number of hydrogen-bond donors (Lipinski definition) is 2. The topological polar surface area (TPSA) is 107 Å². The Morgan fingerprint density at radius 3 is 2.18 bits per heavy atom. The molecular formula is C20H23N7O. The molecule has 0 unspecified atom stereocenters. The van der Waals surface area contributed by atoms with Crippen molar-refractivity contribution >= 4 is 23.3 Å². The number of guanidine groups is 2. The van der Waals surface area contributed by atoms with Crippen molar-refractivity contribution in [2.24, 2.45) is 28.5 Å². The molecule has 0 amide bonds. The second-order valence-electron chi connectivity index (χ2n) is 6.24. The van der Waals surface area contributed by atoms with Gasteiger partial charge in [-0.15, -0.1) is 0 Å². The Labute approximate surface area is 163 Å². The van der Waals surface area contributed by atoms with Gasteiger partial charge in [-0.05, 0) is 31.2 Å². The molecule has 0 atom stereocenters. The van der Waals surface area contributed by atoms with Gasteiger partial charge in [0.1, 0.15) is 5.69 Å². The van der Waals surface area contributed by atoms with E-state index in [-0.39, 0.29) is 17.5 Å². The Morgan fingerprint density at radius 1 is 1.00 bits per heavy atom. The summed E-state index contributed by atoms with van der Waals surface area (Å²) in [5, 5.41) is 0. The molecule has 0 aliphatic carbocycles. The van der Waals surface area contributed by atoms with E-state index in [0.29, 0.717) is 11.4 Å². The molecule has 1 aromatic heterocycles. The minimum absolute atomic E-state index is 0.00696. The van der Waals surface area contributed by atoms with Crippen molar-refractivity contribution in [2.45, 2.75) is 6.92 Å². The summed E-state index contributed by atoms with van der Waals surface area (Å²) in [6, 6.07) is 18.6. The SMILES string of the molecule is Cc1c(N(C)/C(N)=N/C(N)=Nc2ccccc2)c(=O)n(-c2ccccc2)n1C. The standard InChI is InChI=1S/C20H23N7O/c1-14-17(18(28)27(26(14)3)16-12-8-5-9-13-16)25(2)20(22)24-19(21)23-15-10-6-4-7-11-15/h4-13H,1-3H3,(H4,21,22,23,24). The number of rotatable bonds is 3. The summed E-state index contributed by atoms with van der Waals surface area (Å²) in [7, 11) is 3.49. The fourth-order valence-corrected chi connectivity index (χ4v) is 2.91. The molecule has 0 spiro atoms. The van der Waals surface area contributed by atoms with Crippen molar-refractivity contribution in [1.29, 1.82) is 0 Å². The van der Waals surface area contributed by atoms with Gasteiger partial charge in [-0.3, -0.25) is 9.48 Å². The van der Waals surface area contributed by atoms with E-state index in [1.807, 2.05) is 74.6 Å². The van der Waals surface area contributed by atoms with Crippen molar-refractivity contribution in [3.63, 3.8) is 0 Å². The van der Waals surface area contributed by atoms with Gasteiger partial charge in [-0.2, -0.15) is 4.99 Å². The van der Waals surface area contributed by atoms with Crippen molar-refractivity contribution in [3.05, 3.63) is 76.7 Å². The highest BCUT2D eigenvalue weighted by molar-refractivity contribution is 6.02. The second-order valence-corrected chi connectivity index (χ2v) is 6.24. The first kappa shape index (κ1) is 19.0. The van der Waals surface area contributed by atoms with Crippen LogP contribution in [0.15, 0.2) is 75.4 Å². The van der Waals surface area contributed by atoms with E-state index in [1.165, 1.54) is 4.90 Å². The maximum Gasteiger partial charge on any atom is 0.295 e. The predicted molar refractivity (Wildman–Crippen MR) is 113 cm³/mol. The van der Waals surface area contributed by atoms with Crippen molar-refractivity contribution in [1.82, 2.24) is 9.36 Å². The third-order valence-corrected chi connectivity index (χ3v) is 4.43. The Hall–Kier alpha value is -3.81. The van der Waals surface area contributed by atoms with Gasteiger partial charge >= 0.3 is 0 Å². The highest BCUT2D eigenvalue weighted by atomic mass is 16.1. The van der Waals surface area contributed by atoms with Crippen molar-refractivity contribution < 1.29 is 0 Å². The first-order valence-electron chi connectivity index (χ1n) is 8.71. The number of nitrogens with zero attached hydrogens (tertiary/aromatic N) is 5. The van der Waals surface area contributed by atoms with Crippen LogP contribution in [0.2, 0.25) is 0 Å². The molecule has 2 aromatic carbocycles. The lowest BCUT2D eigenvalue weighted by molar-refractivity contribution is 0.630. The third kappa shape index (κ3) is 3.66. The van der Waals surface area contributed by atoms with Crippen molar-refractivity contribution in [2.75, 3.05) is 11.9 Å². The van der Waals surface area contributed by atoms with E-state index in [2.05, 4.69) is 9.98 Å². The average molecular weight is 377 g/mol. The lowest BCUT2D eigenvalue weighted by Crippen LogP contribution is -2.38. The molecule has 0 radical (unpaired) electrons. The zero-order chi connectivity index (χ0) is 20.3. The number of aromatic nitrogens is 2. The maximum atomic E-state index is 13.1. The number of benzene rings is 2. The highest BCUT2D eigenvalue weighted by Gasteiger charge is 2.21. The van der Waals surface area contributed by atoms with Gasteiger partial charge in [-0.25, -0.2) is 9.67 Å². The Balaban J connectivity index is 1.98. The molecule has 0 fully saturated rings. The van der Waals surface area contributed by atoms with Gasteiger partial charge in [-0.1, -0.05) is 36.4 Å². The van der Waals surface area contributed by atoms with Crippen LogP contribution in [0.3, 0.4) is 0 Å². The van der Waals surface area contributed by atoms with E-state index in [0.717, 1.165) is 11.4 Å². The number of anilines is 1. The molecule has 0 aliphatic rings. The molecule has 8 heteroatoms. The fraction of sp³-hybridized carbons (Fsp3) is 0.150. The van der Waals surface area contributed by atoms with Gasteiger partial charge in [0.15, 0.2) is 0 Å². The van der Waals surface area contributed by atoms with E-state index in [4.69, 9.17) is 11.5 Å². The molecule has 3 rings (SSSR count). The van der Waals surface area contributed by atoms with Crippen LogP contribution in [0.5, 0.6) is 0 Å². The normalized spacial score (nSPS) is 12.2. The van der Waals surface area contributed by atoms with Crippen LogP contribution in [-0.2, 0) is 7.05 Å². The molecule has 8 nitrogen and oxygen atoms in total. The quantitative estimate of drug-likeness (QED) is 0.537. The Kier molecular flexibility index (Phi) is 5.30. The monoisotopic (exact) mass is 377 g/mol. The van der Waals surface area contributed by atoms with Gasteiger partial charge in [0.05, 0.1) is 17.1 Å². The van der Waals surface area contributed by atoms with Crippen LogP contribution in [0.1, 0.15) is 5.69 Å². The van der Waals surface area contributed by atoms with Crippen molar-refractivity contribution in [3.8, 4) is 5.69 Å². The summed E-state index contributed by atoms with van der Waals surface area (Å²) in [4.78, 5) is 22.9. The molecule has 28 heavy (non-hydrogen) atoms. The van der Waals surface area contributed by atoms with E-state index < -0.39 is 0 Å². The third-order valence-electron chi connectivity index (χ3n) is 4.43. The number of hydrogen-bond acceptors (Lipinski definition) is 2. The second kappa shape index (κ2) is 7.83. The van der Waals surface area contributed by atoms with Crippen LogP contribution < -0.4 is 21.9 Å². The maximum absolute atomic E-state index is 13.1.